The van der Waals surface area contributed by atoms with Gasteiger partial charge in [-0.05, 0) is 173 Å². The van der Waals surface area contributed by atoms with E-state index in [2.05, 4.69) is 101 Å². The number of carbonyl (C=O) groups is 6. The Morgan fingerprint density at radius 3 is 2.05 bits per heavy atom. The average Bonchev–Trinajstić information content (AvgIpc) is 1.40. The zero-order valence-electron chi connectivity index (χ0n) is 64.9. The molecular weight excluding hydrogens is 1450 g/mol. The van der Waals surface area contributed by atoms with Crippen LogP contribution in [0.25, 0.3) is 50.5 Å². The number of allylic oxidation sites excluding steroid dienone is 3. The highest BCUT2D eigenvalue weighted by Crippen LogP contribution is 2.42. The summed E-state index contributed by atoms with van der Waals surface area (Å²) in [5, 5.41) is 29.1. The van der Waals surface area contributed by atoms with Crippen molar-refractivity contribution in [2.45, 2.75) is 141 Å². The number of azo groups is 1. The number of hydrogen-bond acceptors (Lipinski definition) is 14. The zero-order valence-corrected chi connectivity index (χ0v) is 65.8. The lowest BCUT2D eigenvalue weighted by molar-refractivity contribution is -0.673. The largest absolute Gasteiger partial charge is 0.566 e. The Bertz CT molecular complexity index is 4720. The van der Waals surface area contributed by atoms with Crippen molar-refractivity contribution < 1.29 is 56.2 Å². The van der Waals surface area contributed by atoms with Crippen LogP contribution in [0.1, 0.15) is 134 Å². The molecule has 0 spiro atoms. The number of para-hydroxylation sites is 1. The Morgan fingerprint density at radius 2 is 1.33 bits per heavy atom. The Labute approximate surface area is 663 Å². The molecule has 113 heavy (non-hydrogen) atoms. The van der Waals surface area contributed by atoms with Crippen molar-refractivity contribution in [2.24, 2.45) is 16.1 Å². The van der Waals surface area contributed by atoms with Crippen LogP contribution in [0.2, 0.25) is 0 Å². The summed E-state index contributed by atoms with van der Waals surface area (Å²) in [5.74, 6) is -0.451. The molecule has 4 aliphatic rings. The second kappa shape index (κ2) is 40.5. The van der Waals surface area contributed by atoms with Crippen molar-refractivity contribution in [1.82, 2.24) is 46.4 Å². The molecule has 8 aromatic rings. The lowest BCUT2D eigenvalue weighted by atomic mass is 9.84. The number of ether oxygens (including phenoxy) is 2. The monoisotopic (exact) mass is 1560 g/mol. The van der Waals surface area contributed by atoms with E-state index in [0.29, 0.717) is 176 Å². The molecule has 0 radical (unpaired) electrons. The standard InChI is InChI=1S/C87H103F2N15O8S/c1-4-100(5-2)69-40-45-74-79(60-69)102(67-23-11-7-12-24-67)78-58-65(34-44-73(78)94-74)98-97-64-32-36-66(37-33-64)99(3)51-19-28-82(106)91-49-17-18-50-93-84(108)75(95-85(109)76(57-63-21-9-6-10-22-63)96-86(110)101-52-54-111-55-53-101)25-14-16-48-90-81(105)27-13-8-15-47-92-83(107)61-112-72-42-30-62(31-43-72)29-35-68-38-39-70-59-71-41-46-77(80-26-20-56-113-80)104(71)87(88,89)103(68)70/h7,11-12,20,23-24,26,29-46,56,58-60,63,75-76H,4-6,8-10,13-19,21-22,25,27-28,47-55,57,61H2,1-3H3,(H4-2,90,91,92,93,95,96,105,106,107,108,109,110)/p+2/b35-29+/t75?,76-/m0/s1. The summed E-state index contributed by atoms with van der Waals surface area (Å²) in [6.45, 7) is 9.82. The number of fused-ring (bicyclic) bond motifs is 4. The summed E-state index contributed by atoms with van der Waals surface area (Å²) in [6.07, 6.45) is 16.8. The fraction of sp³-hybridized carbons (Fsp3) is 0.414. The second-order valence-corrected chi connectivity index (χ2v) is 30.1. The molecule has 2 atom stereocenters. The first-order valence-electron chi connectivity index (χ1n) is 40.0. The van der Waals surface area contributed by atoms with E-state index in [-0.39, 0.29) is 42.2 Å². The SMILES string of the molecule is CCN(CC)c1ccc2nc3ccc(N=Nc4ccc(N(C)CCCC(=O)NCCCCNC(=O)C(CCCCNC(=O)CCCCCNC(=O)COc5ccc(/C=C/C6=[N+]7C(=Cc8ccc(-c9cccs9)n8C7(F)F)C=C6)cc5)NC(=O)[C@H](CC5CCCCC5)NC(=O)N5CCOCC5)cc4)cc3[n+](-c3ccccc3)c2c1. The van der Waals surface area contributed by atoms with Gasteiger partial charge in [-0.25, -0.2) is 14.3 Å². The van der Waals surface area contributed by atoms with Gasteiger partial charge in [-0.15, -0.1) is 29.3 Å². The number of unbranched alkanes of at least 4 members (excludes halogenated alkanes) is 4. The van der Waals surface area contributed by atoms with Gasteiger partial charge in [-0.1, -0.05) is 74.9 Å². The van der Waals surface area contributed by atoms with Gasteiger partial charge in [-0.2, -0.15) is 10.2 Å². The number of urea groups is 1. The van der Waals surface area contributed by atoms with Gasteiger partial charge in [0, 0.05) is 139 Å². The number of anilines is 2. The maximum atomic E-state index is 16.2. The molecule has 2 fully saturated rings. The predicted molar refractivity (Wildman–Crippen MR) is 440 cm³/mol. The fourth-order valence-corrected chi connectivity index (χ4v) is 15.6. The zero-order chi connectivity index (χ0) is 78.9. The second-order valence-electron chi connectivity index (χ2n) is 29.1. The molecule has 1 unspecified atom stereocenters. The number of aromatic nitrogens is 3. The number of carbonyl (C=O) groups excluding carboxylic acids is 6. The molecular formula is C87H105F2N15O8S+2. The Hall–Kier alpha value is -11.0. The number of rotatable bonds is 39. The summed E-state index contributed by atoms with van der Waals surface area (Å²) in [7, 11) is 2.00. The Morgan fingerprint density at radius 1 is 0.664 bits per heavy atom. The average molecular weight is 1560 g/mol. The number of alkyl halides is 2. The normalized spacial score (nSPS) is 15.2. The van der Waals surface area contributed by atoms with E-state index in [0.717, 1.165) is 104 Å². The molecule has 0 bridgehead atoms. The molecule has 6 heterocycles. The highest BCUT2D eigenvalue weighted by molar-refractivity contribution is 7.13. The number of hydrogen-bond donors (Lipinski definition) is 6. The van der Waals surface area contributed by atoms with E-state index >= 15 is 8.78 Å². The Balaban J connectivity index is 0.542. The van der Waals surface area contributed by atoms with Crippen LogP contribution >= 0.6 is 11.3 Å². The molecule has 3 aromatic heterocycles. The van der Waals surface area contributed by atoms with E-state index in [9.17, 15) is 28.8 Å². The van der Waals surface area contributed by atoms with Gasteiger partial charge in [-0.3, -0.25) is 24.0 Å². The quantitative estimate of drug-likeness (QED) is 0.00695. The molecule has 3 aliphatic heterocycles. The number of nitrogens with zero attached hydrogens (tertiary/aromatic N) is 9. The highest BCUT2D eigenvalue weighted by atomic mass is 32.1. The topological polar surface area (TPSA) is 252 Å². The number of thiophene rings is 1. The van der Waals surface area contributed by atoms with Crippen LogP contribution < -0.4 is 51.0 Å². The van der Waals surface area contributed by atoms with Gasteiger partial charge < -0.3 is 56.1 Å². The van der Waals surface area contributed by atoms with Crippen LogP contribution in [-0.2, 0) is 34.9 Å². The number of amides is 7. The maximum absolute atomic E-state index is 16.2. The lowest BCUT2D eigenvalue weighted by Gasteiger charge is -2.31. The van der Waals surface area contributed by atoms with Crippen LogP contribution in [-0.4, -0.2) is 158 Å². The van der Waals surface area contributed by atoms with Crippen LogP contribution in [0.4, 0.5) is 36.3 Å². The first-order chi connectivity index (χ1) is 55.1. The first-order valence-corrected chi connectivity index (χ1v) is 40.9. The van der Waals surface area contributed by atoms with Crippen LogP contribution in [0.15, 0.2) is 179 Å². The minimum absolute atomic E-state index is 0.0548. The Kier molecular flexibility index (Phi) is 29.2. The smallest absolute Gasteiger partial charge is 0.484 e. The summed E-state index contributed by atoms with van der Waals surface area (Å²) >= 11 is 1.41. The summed E-state index contributed by atoms with van der Waals surface area (Å²) in [4.78, 5) is 92.4. The molecule has 26 heteroatoms. The molecule has 594 valence electrons. The minimum atomic E-state index is -3.34. The maximum Gasteiger partial charge on any atom is 0.566 e. The van der Waals surface area contributed by atoms with E-state index in [1.165, 1.54) is 11.3 Å². The van der Waals surface area contributed by atoms with Gasteiger partial charge in [0.15, 0.2) is 6.61 Å². The van der Waals surface area contributed by atoms with Crippen molar-refractivity contribution in [3.63, 3.8) is 0 Å². The van der Waals surface area contributed by atoms with E-state index in [1.807, 2.05) is 85.2 Å². The van der Waals surface area contributed by atoms with Crippen molar-refractivity contribution in [3.05, 3.63) is 180 Å². The molecule has 6 N–H and O–H groups in total. The van der Waals surface area contributed by atoms with Crippen molar-refractivity contribution in [1.29, 1.82) is 0 Å². The van der Waals surface area contributed by atoms with Gasteiger partial charge in [0.2, 0.25) is 51.8 Å². The third-order valence-electron chi connectivity index (χ3n) is 21.1. The molecule has 1 saturated carbocycles. The third-order valence-corrected chi connectivity index (χ3v) is 22.0. The van der Waals surface area contributed by atoms with E-state index in [1.54, 1.807) is 71.7 Å². The van der Waals surface area contributed by atoms with E-state index < -0.39 is 24.2 Å². The fourth-order valence-electron chi connectivity index (χ4n) is 14.9. The van der Waals surface area contributed by atoms with Crippen molar-refractivity contribution >= 4 is 110 Å². The summed E-state index contributed by atoms with van der Waals surface area (Å²) in [5.41, 5.74) is 10.6. The molecule has 12 rings (SSSR count). The first kappa shape index (κ1) is 81.5. The van der Waals surface area contributed by atoms with Crippen LogP contribution in [0, 0.1) is 5.92 Å². The predicted octanol–water partition coefficient (Wildman–Crippen LogP) is 14.2. The van der Waals surface area contributed by atoms with Gasteiger partial charge in [0.05, 0.1) is 40.9 Å². The van der Waals surface area contributed by atoms with Crippen molar-refractivity contribution in [3.8, 4) is 22.0 Å². The number of morpholine rings is 1. The number of benzene rings is 5. The van der Waals surface area contributed by atoms with Crippen LogP contribution in [0.5, 0.6) is 5.75 Å². The molecule has 7 amide bonds. The third kappa shape index (κ3) is 22.2. The van der Waals surface area contributed by atoms with E-state index in [4.69, 9.17) is 14.5 Å². The van der Waals surface area contributed by atoms with Gasteiger partial charge >= 0.3 is 12.2 Å². The number of nitrogens with one attached hydrogen (secondary N) is 6. The minimum Gasteiger partial charge on any atom is -0.484 e. The van der Waals surface area contributed by atoms with Gasteiger partial charge in [0.25, 0.3) is 5.91 Å². The molecule has 5 aromatic carbocycles. The number of halogens is 2. The van der Waals surface area contributed by atoms with Crippen LogP contribution in [0.3, 0.4) is 0 Å². The van der Waals surface area contributed by atoms with Gasteiger partial charge in [0.1, 0.15) is 28.9 Å². The lowest BCUT2D eigenvalue weighted by Crippen LogP contribution is -2.57. The summed E-state index contributed by atoms with van der Waals surface area (Å²) < 4.78 is 48.0. The highest BCUT2D eigenvalue weighted by Gasteiger charge is 2.54. The van der Waals surface area contributed by atoms with Crippen molar-refractivity contribution in [2.75, 3.05) is 95.6 Å². The molecule has 1 aliphatic carbocycles. The summed E-state index contributed by atoms with van der Waals surface area (Å²) in [6, 6.07) is 42.7. The molecule has 1 saturated heterocycles. The molecule has 23 nitrogen and oxygen atoms in total.